The van der Waals surface area contributed by atoms with Crippen molar-refractivity contribution < 1.29 is 0 Å². The van der Waals surface area contributed by atoms with Crippen molar-refractivity contribution in [1.29, 1.82) is 0 Å². The molecule has 0 amide bonds. The zero-order valence-electron chi connectivity index (χ0n) is 14.3. The maximum Gasteiger partial charge on any atom is 0.0359 e. The summed E-state index contributed by atoms with van der Waals surface area (Å²) >= 11 is 0. The first-order valence-electron chi connectivity index (χ1n) is 8.04. The van der Waals surface area contributed by atoms with Gasteiger partial charge in [-0.05, 0) is 60.3 Å². The summed E-state index contributed by atoms with van der Waals surface area (Å²) in [5.74, 6) is 0.712. The van der Waals surface area contributed by atoms with Crippen LogP contribution in [0, 0.1) is 30.6 Å². The highest BCUT2D eigenvalue weighted by Gasteiger charge is 2.67. The van der Waals surface area contributed by atoms with Crippen molar-refractivity contribution in [3.05, 3.63) is 34.9 Å². The van der Waals surface area contributed by atoms with E-state index in [0.29, 0.717) is 22.8 Å². The third kappa shape index (κ3) is 2.41. The van der Waals surface area contributed by atoms with Gasteiger partial charge in [-0.2, -0.15) is 0 Å². The Labute approximate surface area is 125 Å². The molecule has 0 spiro atoms. The van der Waals surface area contributed by atoms with E-state index < -0.39 is 0 Å². The molecule has 0 radical (unpaired) electrons. The normalized spacial score (nSPS) is 21.8. The summed E-state index contributed by atoms with van der Waals surface area (Å²) in [5.41, 5.74) is 5.08. The molecule has 0 saturated heterocycles. The highest BCUT2D eigenvalue weighted by atomic mass is 15.0. The van der Waals surface area contributed by atoms with E-state index in [0.717, 1.165) is 6.54 Å². The van der Waals surface area contributed by atoms with E-state index in [4.69, 9.17) is 0 Å². The molecular formula is C19H31N. The predicted octanol–water partition coefficient (Wildman–Crippen LogP) is 5.03. The van der Waals surface area contributed by atoms with Crippen LogP contribution in [-0.2, 0) is 0 Å². The first kappa shape index (κ1) is 15.6. The molecule has 1 N–H and O–H groups in total. The second-order valence-electron chi connectivity index (χ2n) is 7.70. The largest absolute Gasteiger partial charge is 0.310 e. The van der Waals surface area contributed by atoms with Crippen LogP contribution in [0.4, 0.5) is 0 Å². The van der Waals surface area contributed by atoms with Crippen molar-refractivity contribution >= 4 is 0 Å². The van der Waals surface area contributed by atoms with Gasteiger partial charge >= 0.3 is 0 Å². The molecule has 1 atom stereocenters. The molecule has 1 nitrogen and oxygen atoms in total. The van der Waals surface area contributed by atoms with Crippen LogP contribution >= 0.6 is 0 Å². The highest BCUT2D eigenvalue weighted by molar-refractivity contribution is 5.34. The van der Waals surface area contributed by atoms with Gasteiger partial charge in [0.05, 0.1) is 0 Å². The maximum absolute atomic E-state index is 3.81. The molecule has 1 aromatic rings. The predicted molar refractivity (Wildman–Crippen MR) is 88.0 cm³/mol. The Bertz CT molecular complexity index is 471. The Morgan fingerprint density at radius 3 is 2.10 bits per heavy atom. The number of rotatable bonds is 5. The van der Waals surface area contributed by atoms with Gasteiger partial charge in [-0.15, -0.1) is 0 Å². The van der Waals surface area contributed by atoms with Gasteiger partial charge in [0.1, 0.15) is 0 Å². The lowest BCUT2D eigenvalue weighted by Gasteiger charge is -2.22. The molecule has 0 aromatic heterocycles. The lowest BCUT2D eigenvalue weighted by atomic mass is 9.94. The van der Waals surface area contributed by atoms with Gasteiger partial charge in [-0.1, -0.05) is 52.8 Å². The first-order valence-corrected chi connectivity index (χ1v) is 8.04. The van der Waals surface area contributed by atoms with E-state index in [-0.39, 0.29) is 0 Å². The average Bonchev–Trinajstić information content (AvgIpc) is 2.76. The van der Waals surface area contributed by atoms with Crippen LogP contribution in [0.2, 0.25) is 0 Å². The molecule has 1 aromatic carbocycles. The SMILES string of the molecule is CCCNC(c1ccc(C)c(C)c1)C1C(C)(C)C1(C)C. The van der Waals surface area contributed by atoms with E-state index in [1.54, 1.807) is 0 Å². The standard InChI is InChI=1S/C19H31N/c1-8-11-20-16(17-18(4,5)19(17,6)7)15-10-9-13(2)14(3)12-15/h9-10,12,16-17,20H,8,11H2,1-7H3. The smallest absolute Gasteiger partial charge is 0.0359 e. The summed E-state index contributed by atoms with van der Waals surface area (Å²) in [4.78, 5) is 0. The Morgan fingerprint density at radius 2 is 1.65 bits per heavy atom. The molecule has 20 heavy (non-hydrogen) atoms. The van der Waals surface area contributed by atoms with E-state index in [1.807, 2.05) is 0 Å². The fraction of sp³-hybridized carbons (Fsp3) is 0.684. The topological polar surface area (TPSA) is 12.0 Å². The van der Waals surface area contributed by atoms with Crippen LogP contribution in [0.15, 0.2) is 18.2 Å². The van der Waals surface area contributed by atoms with E-state index in [2.05, 4.69) is 72.0 Å². The van der Waals surface area contributed by atoms with E-state index in [1.165, 1.54) is 23.1 Å². The molecule has 0 heterocycles. The molecule has 1 unspecified atom stereocenters. The Hall–Kier alpha value is -0.820. The summed E-state index contributed by atoms with van der Waals surface area (Å²) in [7, 11) is 0. The lowest BCUT2D eigenvalue weighted by molar-refractivity contribution is 0.410. The summed E-state index contributed by atoms with van der Waals surface area (Å²) in [6.45, 7) is 17.4. The molecule has 0 bridgehead atoms. The summed E-state index contributed by atoms with van der Waals surface area (Å²) < 4.78 is 0. The maximum atomic E-state index is 3.81. The van der Waals surface area contributed by atoms with Crippen LogP contribution in [0.3, 0.4) is 0 Å². The summed E-state index contributed by atoms with van der Waals surface area (Å²) in [6, 6.07) is 7.46. The molecule has 1 aliphatic carbocycles. The summed E-state index contributed by atoms with van der Waals surface area (Å²) in [6.07, 6.45) is 1.19. The number of hydrogen-bond donors (Lipinski definition) is 1. The van der Waals surface area contributed by atoms with Gasteiger partial charge < -0.3 is 5.32 Å². The fourth-order valence-corrected chi connectivity index (χ4v) is 3.77. The molecule has 1 fully saturated rings. The number of benzene rings is 1. The average molecular weight is 273 g/mol. The monoisotopic (exact) mass is 273 g/mol. The molecule has 1 heteroatoms. The summed E-state index contributed by atoms with van der Waals surface area (Å²) in [5, 5.41) is 3.81. The molecular weight excluding hydrogens is 242 g/mol. The Morgan fingerprint density at radius 1 is 1.05 bits per heavy atom. The minimum atomic E-state index is 0.414. The second-order valence-corrected chi connectivity index (χ2v) is 7.70. The van der Waals surface area contributed by atoms with Crippen molar-refractivity contribution in [1.82, 2.24) is 5.32 Å². The fourth-order valence-electron chi connectivity index (χ4n) is 3.77. The minimum Gasteiger partial charge on any atom is -0.310 e. The molecule has 0 aliphatic heterocycles. The van der Waals surface area contributed by atoms with Gasteiger partial charge in [0.25, 0.3) is 0 Å². The molecule has 1 saturated carbocycles. The number of hydrogen-bond acceptors (Lipinski definition) is 1. The third-order valence-corrected chi connectivity index (χ3v) is 5.97. The molecule has 112 valence electrons. The zero-order valence-corrected chi connectivity index (χ0v) is 14.3. The lowest BCUT2D eigenvalue weighted by Crippen LogP contribution is -2.26. The van der Waals surface area contributed by atoms with Crippen LogP contribution < -0.4 is 5.32 Å². The van der Waals surface area contributed by atoms with Crippen molar-refractivity contribution in [2.45, 2.75) is 60.9 Å². The van der Waals surface area contributed by atoms with Gasteiger partial charge in [0, 0.05) is 6.04 Å². The number of nitrogens with one attached hydrogen (secondary N) is 1. The Balaban J connectivity index is 2.31. The van der Waals surface area contributed by atoms with E-state index in [9.17, 15) is 0 Å². The van der Waals surface area contributed by atoms with Crippen LogP contribution in [-0.4, -0.2) is 6.54 Å². The van der Waals surface area contributed by atoms with Gasteiger partial charge in [-0.25, -0.2) is 0 Å². The van der Waals surface area contributed by atoms with Crippen molar-refractivity contribution in [2.75, 3.05) is 6.54 Å². The van der Waals surface area contributed by atoms with Crippen LogP contribution in [0.5, 0.6) is 0 Å². The van der Waals surface area contributed by atoms with Crippen LogP contribution in [0.1, 0.15) is 63.8 Å². The third-order valence-electron chi connectivity index (χ3n) is 5.97. The zero-order chi connectivity index (χ0) is 15.1. The van der Waals surface area contributed by atoms with Gasteiger partial charge in [-0.3, -0.25) is 0 Å². The molecule has 2 rings (SSSR count). The van der Waals surface area contributed by atoms with Crippen molar-refractivity contribution in [2.24, 2.45) is 16.7 Å². The minimum absolute atomic E-state index is 0.414. The van der Waals surface area contributed by atoms with Crippen molar-refractivity contribution in [3.8, 4) is 0 Å². The molecule has 1 aliphatic rings. The quantitative estimate of drug-likeness (QED) is 0.793. The van der Waals surface area contributed by atoms with Gasteiger partial charge in [0.15, 0.2) is 0 Å². The second kappa shape index (κ2) is 5.18. The van der Waals surface area contributed by atoms with Crippen molar-refractivity contribution in [3.63, 3.8) is 0 Å². The van der Waals surface area contributed by atoms with Crippen LogP contribution in [0.25, 0.3) is 0 Å². The van der Waals surface area contributed by atoms with Gasteiger partial charge in [0.2, 0.25) is 0 Å². The Kier molecular flexibility index (Phi) is 4.03. The number of aryl methyl sites for hydroxylation is 2. The first-order chi connectivity index (χ1) is 9.23. The highest BCUT2D eigenvalue weighted by Crippen LogP contribution is 2.72. The van der Waals surface area contributed by atoms with E-state index >= 15 is 0 Å².